The van der Waals surface area contributed by atoms with Gasteiger partial charge in [0.1, 0.15) is 11.6 Å². The van der Waals surface area contributed by atoms with E-state index in [2.05, 4.69) is 17.9 Å². The van der Waals surface area contributed by atoms with Gasteiger partial charge in [0.25, 0.3) is 5.91 Å². The van der Waals surface area contributed by atoms with Crippen LogP contribution in [0.4, 0.5) is 8.78 Å². The Kier molecular flexibility index (Phi) is 6.43. The van der Waals surface area contributed by atoms with Gasteiger partial charge in [0, 0.05) is 16.5 Å². The fourth-order valence-corrected chi connectivity index (χ4v) is 3.36. The minimum atomic E-state index is -1.36. The number of amides is 1. The highest BCUT2D eigenvalue weighted by molar-refractivity contribution is 7.80. The van der Waals surface area contributed by atoms with Gasteiger partial charge < -0.3 is 10.4 Å². The molecule has 8 heteroatoms. The first-order valence-electron chi connectivity index (χ1n) is 8.76. The highest BCUT2D eigenvalue weighted by Gasteiger charge is 2.16. The second-order valence-electron chi connectivity index (χ2n) is 6.60. The molecule has 3 rings (SSSR count). The van der Waals surface area contributed by atoms with E-state index in [1.165, 1.54) is 18.2 Å². The molecule has 4 nitrogen and oxygen atoms in total. The number of rotatable bonds is 5. The number of carboxylic acid groups (broad SMARTS) is 1. The Morgan fingerprint density at radius 3 is 2.40 bits per heavy atom. The molecule has 0 saturated carbocycles. The topological polar surface area (TPSA) is 66.4 Å². The Labute approximate surface area is 181 Å². The molecule has 0 unspecified atom stereocenters. The molecule has 1 amide bonds. The van der Waals surface area contributed by atoms with Crippen LogP contribution >= 0.6 is 24.2 Å². The molecule has 154 valence electrons. The second-order valence-corrected chi connectivity index (χ2v) is 7.52. The van der Waals surface area contributed by atoms with E-state index in [-0.39, 0.29) is 17.1 Å². The number of carbonyl (C=O) groups excluding carboxylic acids is 1. The summed E-state index contributed by atoms with van der Waals surface area (Å²) in [7, 11) is 0. The van der Waals surface area contributed by atoms with Crippen molar-refractivity contribution in [3.63, 3.8) is 0 Å². The number of benzene rings is 3. The van der Waals surface area contributed by atoms with Crippen molar-refractivity contribution in [2.45, 2.75) is 18.4 Å². The summed E-state index contributed by atoms with van der Waals surface area (Å²) in [4.78, 5) is 24.1. The predicted molar refractivity (Wildman–Crippen MR) is 113 cm³/mol. The van der Waals surface area contributed by atoms with Gasteiger partial charge in [0.05, 0.1) is 11.1 Å². The van der Waals surface area contributed by atoms with E-state index in [9.17, 15) is 23.5 Å². The van der Waals surface area contributed by atoms with Crippen LogP contribution in [0, 0.1) is 18.6 Å². The van der Waals surface area contributed by atoms with Crippen LogP contribution < -0.4 is 5.32 Å². The first-order valence-corrected chi connectivity index (χ1v) is 9.59. The second kappa shape index (κ2) is 8.85. The molecule has 0 saturated heterocycles. The van der Waals surface area contributed by atoms with Crippen LogP contribution in [0.1, 0.15) is 31.8 Å². The Bertz CT molecular complexity index is 1170. The number of thiol groups is 1. The molecule has 30 heavy (non-hydrogen) atoms. The van der Waals surface area contributed by atoms with Crippen molar-refractivity contribution >= 4 is 36.1 Å². The molecule has 3 aromatic carbocycles. The lowest BCUT2D eigenvalue weighted by atomic mass is 9.96. The SMILES string of the molecule is Cc1cc(F)c(C(=O)O)cc1-c1ccc(S)c(CNC(=O)c2ccc(Cl)cc2F)c1. The van der Waals surface area contributed by atoms with Gasteiger partial charge in [-0.15, -0.1) is 12.6 Å². The van der Waals surface area contributed by atoms with Crippen molar-refractivity contribution < 1.29 is 23.5 Å². The molecule has 3 aromatic rings. The zero-order valence-electron chi connectivity index (χ0n) is 15.7. The number of carboxylic acids is 1. The average molecular weight is 448 g/mol. The van der Waals surface area contributed by atoms with Crippen LogP contribution in [-0.2, 0) is 6.54 Å². The molecule has 0 bridgehead atoms. The largest absolute Gasteiger partial charge is 0.478 e. The lowest BCUT2D eigenvalue weighted by molar-refractivity contribution is 0.0691. The summed E-state index contributed by atoms with van der Waals surface area (Å²) in [6.45, 7) is 1.73. The quantitative estimate of drug-likeness (QED) is 0.452. The number of halogens is 3. The third-order valence-electron chi connectivity index (χ3n) is 4.55. The molecule has 0 fully saturated rings. The van der Waals surface area contributed by atoms with E-state index >= 15 is 0 Å². The maximum Gasteiger partial charge on any atom is 0.338 e. The molecule has 0 aliphatic heterocycles. The van der Waals surface area contributed by atoms with Crippen molar-refractivity contribution in [3.8, 4) is 11.1 Å². The van der Waals surface area contributed by atoms with Crippen LogP contribution in [0.15, 0.2) is 53.4 Å². The maximum atomic E-state index is 13.9. The number of carbonyl (C=O) groups is 2. The van der Waals surface area contributed by atoms with Crippen LogP contribution in [0.3, 0.4) is 0 Å². The van der Waals surface area contributed by atoms with E-state index in [1.807, 2.05) is 0 Å². The molecule has 0 aliphatic carbocycles. The minimum Gasteiger partial charge on any atom is -0.478 e. The van der Waals surface area contributed by atoms with Gasteiger partial charge in [-0.05, 0) is 71.6 Å². The Morgan fingerprint density at radius 2 is 1.73 bits per heavy atom. The first kappa shape index (κ1) is 21.8. The highest BCUT2D eigenvalue weighted by atomic mass is 35.5. The summed E-state index contributed by atoms with van der Waals surface area (Å²) < 4.78 is 27.8. The summed E-state index contributed by atoms with van der Waals surface area (Å²) in [5.41, 5.74) is 1.78. The van der Waals surface area contributed by atoms with Crippen molar-refractivity contribution in [1.29, 1.82) is 0 Å². The molecule has 0 radical (unpaired) electrons. The van der Waals surface area contributed by atoms with Gasteiger partial charge >= 0.3 is 5.97 Å². The van der Waals surface area contributed by atoms with E-state index in [0.29, 0.717) is 27.1 Å². The summed E-state index contributed by atoms with van der Waals surface area (Å²) in [6, 6.07) is 11.3. The van der Waals surface area contributed by atoms with Crippen LogP contribution in [0.5, 0.6) is 0 Å². The number of hydrogen-bond donors (Lipinski definition) is 3. The first-order chi connectivity index (χ1) is 14.2. The normalized spacial score (nSPS) is 10.7. The van der Waals surface area contributed by atoms with E-state index in [1.54, 1.807) is 25.1 Å². The van der Waals surface area contributed by atoms with Crippen LogP contribution in [-0.4, -0.2) is 17.0 Å². The lowest BCUT2D eigenvalue weighted by Gasteiger charge is -2.13. The van der Waals surface area contributed by atoms with Gasteiger partial charge in [-0.3, -0.25) is 4.79 Å². The molecular weight excluding hydrogens is 432 g/mol. The van der Waals surface area contributed by atoms with Crippen LogP contribution in [0.25, 0.3) is 11.1 Å². The van der Waals surface area contributed by atoms with E-state index in [4.69, 9.17) is 11.6 Å². The third kappa shape index (κ3) is 4.63. The third-order valence-corrected chi connectivity index (χ3v) is 5.22. The van der Waals surface area contributed by atoms with Gasteiger partial charge in [-0.1, -0.05) is 17.7 Å². The molecule has 0 aromatic heterocycles. The molecule has 0 heterocycles. The predicted octanol–water partition coefficient (Wildman–Crippen LogP) is 5.51. The van der Waals surface area contributed by atoms with Gasteiger partial charge in [0.2, 0.25) is 0 Å². The highest BCUT2D eigenvalue weighted by Crippen LogP contribution is 2.29. The maximum absolute atomic E-state index is 13.9. The number of hydrogen-bond acceptors (Lipinski definition) is 3. The van der Waals surface area contributed by atoms with Crippen molar-refractivity contribution in [2.24, 2.45) is 0 Å². The summed E-state index contributed by atoms with van der Waals surface area (Å²) in [5, 5.41) is 12.0. The monoisotopic (exact) mass is 447 g/mol. The number of aryl methyl sites for hydroxylation is 1. The van der Waals surface area contributed by atoms with E-state index in [0.717, 1.165) is 12.1 Å². The zero-order valence-corrected chi connectivity index (χ0v) is 17.3. The average Bonchev–Trinajstić information content (AvgIpc) is 2.67. The summed E-state index contributed by atoms with van der Waals surface area (Å²) >= 11 is 10.1. The Balaban J connectivity index is 1.88. The van der Waals surface area contributed by atoms with Gasteiger partial charge in [-0.2, -0.15) is 0 Å². The Hall–Kier alpha value is -2.90. The zero-order chi connectivity index (χ0) is 22.0. The molecule has 2 N–H and O–H groups in total. The summed E-state index contributed by atoms with van der Waals surface area (Å²) in [5.74, 6) is -3.53. The molecule has 0 aliphatic rings. The Morgan fingerprint density at radius 1 is 1.03 bits per heavy atom. The molecule has 0 atom stereocenters. The lowest BCUT2D eigenvalue weighted by Crippen LogP contribution is -2.24. The smallest absolute Gasteiger partial charge is 0.338 e. The van der Waals surface area contributed by atoms with E-state index < -0.39 is 29.1 Å². The van der Waals surface area contributed by atoms with Crippen molar-refractivity contribution in [1.82, 2.24) is 5.32 Å². The van der Waals surface area contributed by atoms with Gasteiger partial charge in [-0.25, -0.2) is 13.6 Å². The number of aromatic carboxylic acids is 1. The molecule has 0 spiro atoms. The fourth-order valence-electron chi connectivity index (χ4n) is 2.99. The molecular formula is C22H16ClF2NO3S. The van der Waals surface area contributed by atoms with Crippen molar-refractivity contribution in [2.75, 3.05) is 0 Å². The van der Waals surface area contributed by atoms with Gasteiger partial charge in [0.15, 0.2) is 0 Å². The van der Waals surface area contributed by atoms with Crippen molar-refractivity contribution in [3.05, 3.63) is 87.4 Å². The number of nitrogens with one attached hydrogen (secondary N) is 1. The fraction of sp³-hybridized carbons (Fsp3) is 0.0909. The standard InChI is InChI=1S/C22H16ClF2NO3S/c1-11-6-18(24)17(22(28)29)9-16(11)12-2-5-20(30)13(7-12)10-26-21(27)15-4-3-14(23)8-19(15)25/h2-9,30H,10H2,1H3,(H,26,27)(H,28,29). The summed E-state index contributed by atoms with van der Waals surface area (Å²) in [6.07, 6.45) is 0. The van der Waals surface area contributed by atoms with Crippen LogP contribution in [0.2, 0.25) is 5.02 Å². The minimum absolute atomic E-state index is 0.0552.